The summed E-state index contributed by atoms with van der Waals surface area (Å²) in [6.45, 7) is 4.45. The number of amides is 1. The van der Waals surface area contributed by atoms with Crippen LogP contribution in [0.15, 0.2) is 78.0 Å². The first-order valence-corrected chi connectivity index (χ1v) is 11.2. The number of aromatic nitrogens is 3. The zero-order valence-electron chi connectivity index (χ0n) is 17.9. The van der Waals surface area contributed by atoms with Gasteiger partial charge in [-0.3, -0.25) is 9.36 Å². The fraction of sp³-hybridized carbons (Fsp3) is 0.160. The summed E-state index contributed by atoms with van der Waals surface area (Å²) < 4.78 is 16.3. The average molecular weight is 447 g/mol. The molecule has 7 heteroatoms. The van der Waals surface area contributed by atoms with Crippen molar-refractivity contribution in [2.24, 2.45) is 0 Å². The monoisotopic (exact) mass is 446 g/mol. The first-order valence-electron chi connectivity index (χ1n) is 10.2. The zero-order chi connectivity index (χ0) is 22.5. The summed E-state index contributed by atoms with van der Waals surface area (Å²) >= 11 is 1.28. The number of carbonyl (C=O) groups excluding carboxylic acids is 1. The third kappa shape index (κ3) is 5.06. The number of aryl methyl sites for hydroxylation is 2. The molecule has 0 saturated carbocycles. The summed E-state index contributed by atoms with van der Waals surface area (Å²) in [6.07, 6.45) is 0. The Kier molecular flexibility index (Phi) is 6.66. The molecule has 0 spiro atoms. The third-order valence-corrected chi connectivity index (χ3v) is 5.97. The van der Waals surface area contributed by atoms with Crippen LogP contribution >= 0.6 is 11.8 Å². The Morgan fingerprint density at radius 2 is 1.75 bits per heavy atom. The van der Waals surface area contributed by atoms with E-state index in [9.17, 15) is 9.18 Å². The van der Waals surface area contributed by atoms with Gasteiger partial charge in [-0.1, -0.05) is 71.9 Å². The van der Waals surface area contributed by atoms with E-state index in [1.807, 2.05) is 66.9 Å². The molecule has 1 heterocycles. The lowest BCUT2D eigenvalue weighted by molar-refractivity contribution is -0.113. The first kappa shape index (κ1) is 21.8. The van der Waals surface area contributed by atoms with Crippen LogP contribution in [-0.4, -0.2) is 26.4 Å². The summed E-state index contributed by atoms with van der Waals surface area (Å²) in [7, 11) is 0. The van der Waals surface area contributed by atoms with Gasteiger partial charge in [-0.25, -0.2) is 4.39 Å². The van der Waals surface area contributed by atoms with Gasteiger partial charge in [0.25, 0.3) is 0 Å². The van der Waals surface area contributed by atoms with Crippen LogP contribution < -0.4 is 5.32 Å². The van der Waals surface area contributed by atoms with E-state index in [1.165, 1.54) is 17.8 Å². The molecule has 0 unspecified atom stereocenters. The van der Waals surface area contributed by atoms with Gasteiger partial charge >= 0.3 is 0 Å². The van der Waals surface area contributed by atoms with Gasteiger partial charge < -0.3 is 5.32 Å². The molecule has 32 heavy (non-hydrogen) atoms. The largest absolute Gasteiger partial charge is 0.325 e. The van der Waals surface area contributed by atoms with Gasteiger partial charge in [0.05, 0.1) is 17.9 Å². The van der Waals surface area contributed by atoms with E-state index in [2.05, 4.69) is 15.5 Å². The molecule has 1 aromatic heterocycles. The molecule has 0 aliphatic rings. The highest BCUT2D eigenvalue weighted by Crippen LogP contribution is 2.27. The minimum atomic E-state index is -0.363. The Bertz CT molecular complexity index is 1240. The second-order valence-electron chi connectivity index (χ2n) is 7.51. The number of nitrogens with zero attached hydrogens (tertiary/aromatic N) is 3. The topological polar surface area (TPSA) is 59.8 Å². The van der Waals surface area contributed by atoms with Crippen molar-refractivity contribution in [1.82, 2.24) is 14.8 Å². The van der Waals surface area contributed by atoms with E-state index in [1.54, 1.807) is 18.2 Å². The minimum absolute atomic E-state index is 0.136. The highest BCUT2D eigenvalue weighted by atomic mass is 32.2. The molecule has 3 aromatic carbocycles. The van der Waals surface area contributed by atoms with Crippen LogP contribution in [0.4, 0.5) is 10.1 Å². The number of anilines is 1. The number of halogens is 1. The van der Waals surface area contributed by atoms with Crippen LogP contribution in [0, 0.1) is 19.7 Å². The maximum atomic E-state index is 14.5. The summed E-state index contributed by atoms with van der Waals surface area (Å²) in [4.78, 5) is 12.6. The molecule has 5 nitrogen and oxygen atoms in total. The zero-order valence-corrected chi connectivity index (χ0v) is 18.7. The molecular formula is C25H23FN4OS. The molecule has 4 aromatic rings. The molecule has 162 valence electrons. The molecule has 4 rings (SSSR count). The van der Waals surface area contributed by atoms with E-state index in [4.69, 9.17) is 0 Å². The summed E-state index contributed by atoms with van der Waals surface area (Å²) in [5.74, 6) is 0.101. The molecule has 0 aliphatic heterocycles. The van der Waals surface area contributed by atoms with Crippen molar-refractivity contribution < 1.29 is 9.18 Å². The maximum absolute atomic E-state index is 14.5. The summed E-state index contributed by atoms with van der Waals surface area (Å²) in [5, 5.41) is 12.0. The van der Waals surface area contributed by atoms with E-state index in [-0.39, 0.29) is 17.5 Å². The van der Waals surface area contributed by atoms with E-state index in [0.717, 1.165) is 22.4 Å². The Morgan fingerprint density at radius 3 is 2.50 bits per heavy atom. The van der Waals surface area contributed by atoms with Gasteiger partial charge in [-0.2, -0.15) is 0 Å². The molecule has 0 radical (unpaired) electrons. The third-order valence-electron chi connectivity index (χ3n) is 5.00. The van der Waals surface area contributed by atoms with Crippen LogP contribution in [0.1, 0.15) is 16.7 Å². The average Bonchev–Trinajstić information content (AvgIpc) is 3.17. The smallest absolute Gasteiger partial charge is 0.234 e. The predicted octanol–water partition coefficient (Wildman–Crippen LogP) is 5.48. The number of rotatable bonds is 7. The lowest BCUT2D eigenvalue weighted by Gasteiger charge is -2.12. The SMILES string of the molecule is Cc1ccc(NC(=O)CSc2nnc(-c3ccccc3F)n2Cc2ccccc2)c(C)c1. The van der Waals surface area contributed by atoms with Gasteiger partial charge in [0.1, 0.15) is 5.82 Å². The minimum Gasteiger partial charge on any atom is -0.325 e. The van der Waals surface area contributed by atoms with Crippen LogP contribution in [0.5, 0.6) is 0 Å². The van der Waals surface area contributed by atoms with Gasteiger partial charge in [-0.05, 0) is 43.2 Å². The van der Waals surface area contributed by atoms with Crippen LogP contribution in [0.3, 0.4) is 0 Å². The highest BCUT2D eigenvalue weighted by Gasteiger charge is 2.18. The highest BCUT2D eigenvalue weighted by molar-refractivity contribution is 7.99. The van der Waals surface area contributed by atoms with Gasteiger partial charge in [0.15, 0.2) is 11.0 Å². The molecule has 0 fully saturated rings. The maximum Gasteiger partial charge on any atom is 0.234 e. The van der Waals surface area contributed by atoms with Crippen molar-refractivity contribution in [1.29, 1.82) is 0 Å². The fourth-order valence-corrected chi connectivity index (χ4v) is 4.15. The molecule has 0 bridgehead atoms. The van der Waals surface area contributed by atoms with Crippen molar-refractivity contribution in [3.05, 3.63) is 95.3 Å². The van der Waals surface area contributed by atoms with E-state index < -0.39 is 0 Å². The Hall–Kier alpha value is -3.45. The lowest BCUT2D eigenvalue weighted by Crippen LogP contribution is -2.15. The quantitative estimate of drug-likeness (QED) is 0.382. The van der Waals surface area contributed by atoms with Gasteiger partial charge in [0, 0.05) is 5.69 Å². The molecule has 0 atom stereocenters. The molecule has 1 amide bonds. The Balaban J connectivity index is 1.56. The number of hydrogen-bond donors (Lipinski definition) is 1. The Labute approximate surface area is 190 Å². The number of nitrogens with one attached hydrogen (secondary N) is 1. The van der Waals surface area contributed by atoms with E-state index in [0.29, 0.717) is 23.1 Å². The van der Waals surface area contributed by atoms with Crippen LogP contribution in [0.25, 0.3) is 11.4 Å². The standard InChI is InChI=1S/C25H23FN4OS/c1-17-12-13-22(18(2)14-17)27-23(31)16-32-25-29-28-24(20-10-6-7-11-21(20)26)30(25)15-19-8-4-3-5-9-19/h3-14H,15-16H2,1-2H3,(H,27,31). The lowest BCUT2D eigenvalue weighted by atomic mass is 10.1. The second-order valence-corrected chi connectivity index (χ2v) is 8.46. The van der Waals surface area contributed by atoms with Gasteiger partial charge in [-0.15, -0.1) is 10.2 Å². The Morgan fingerprint density at radius 1 is 1.00 bits per heavy atom. The van der Waals surface area contributed by atoms with Crippen molar-refractivity contribution in [3.63, 3.8) is 0 Å². The normalized spacial score (nSPS) is 10.8. The van der Waals surface area contributed by atoms with Crippen molar-refractivity contribution in [2.75, 3.05) is 11.1 Å². The van der Waals surface area contributed by atoms with Crippen molar-refractivity contribution in [3.8, 4) is 11.4 Å². The van der Waals surface area contributed by atoms with Crippen molar-refractivity contribution in [2.45, 2.75) is 25.5 Å². The second kappa shape index (κ2) is 9.78. The molecular weight excluding hydrogens is 423 g/mol. The predicted molar refractivity (Wildman–Crippen MR) is 126 cm³/mol. The summed E-state index contributed by atoms with van der Waals surface area (Å²) in [5.41, 5.74) is 4.36. The number of hydrogen-bond acceptors (Lipinski definition) is 4. The molecule has 1 N–H and O–H groups in total. The number of thioether (sulfide) groups is 1. The van der Waals surface area contributed by atoms with E-state index >= 15 is 0 Å². The van der Waals surface area contributed by atoms with Gasteiger partial charge in [0.2, 0.25) is 5.91 Å². The van der Waals surface area contributed by atoms with Crippen LogP contribution in [0.2, 0.25) is 0 Å². The number of carbonyl (C=O) groups is 1. The fourth-order valence-electron chi connectivity index (χ4n) is 3.42. The summed E-state index contributed by atoms with van der Waals surface area (Å²) in [6, 6.07) is 22.2. The first-order chi connectivity index (χ1) is 15.5. The molecule has 0 aliphatic carbocycles. The van der Waals surface area contributed by atoms with Crippen LogP contribution in [-0.2, 0) is 11.3 Å². The van der Waals surface area contributed by atoms with Crippen molar-refractivity contribution >= 4 is 23.4 Å². The number of benzene rings is 3. The molecule has 0 saturated heterocycles.